The maximum absolute atomic E-state index is 14.0. The lowest BCUT2D eigenvalue weighted by molar-refractivity contribution is -0.141. The van der Waals surface area contributed by atoms with Gasteiger partial charge in [-0.1, -0.05) is 39.7 Å². The third kappa shape index (κ3) is 4.19. The molecular weight excluding hydrogens is 679 g/mol. The molecule has 44 heavy (non-hydrogen) atoms. The molecule has 13 heteroatoms. The predicted octanol–water partition coefficient (Wildman–Crippen LogP) is 4.07. The zero-order valence-corrected chi connectivity index (χ0v) is 26.9. The number of rotatable bonds is 7. The summed E-state index contributed by atoms with van der Waals surface area (Å²) in [6.07, 6.45) is 2.21. The number of allylic oxidation sites excluding steroid dienone is 2. The van der Waals surface area contributed by atoms with Crippen LogP contribution in [-0.4, -0.2) is 79.6 Å². The first-order chi connectivity index (χ1) is 20.9. The first-order valence-corrected chi connectivity index (χ1v) is 15.9. The van der Waals surface area contributed by atoms with Crippen molar-refractivity contribution in [1.29, 1.82) is 0 Å². The number of benzene rings is 2. The largest absolute Gasteiger partial charge is 0.508 e. The number of fused-ring (bicyclic) bond motifs is 4. The van der Waals surface area contributed by atoms with Crippen molar-refractivity contribution in [2.45, 2.75) is 34.9 Å². The van der Waals surface area contributed by atoms with Crippen LogP contribution in [0.25, 0.3) is 0 Å². The topological polar surface area (TPSA) is 134 Å². The van der Waals surface area contributed by atoms with Crippen molar-refractivity contribution in [3.8, 4) is 23.0 Å². The molecule has 0 radical (unpaired) electrons. The van der Waals surface area contributed by atoms with Crippen molar-refractivity contribution >= 4 is 62.8 Å². The van der Waals surface area contributed by atoms with E-state index in [-0.39, 0.29) is 59.3 Å². The molecular formula is C31H29BrCl2N2O8. The normalized spacial score (nSPS) is 31.1. The highest BCUT2D eigenvalue weighted by atomic mass is 79.9. The summed E-state index contributed by atoms with van der Waals surface area (Å²) in [5, 5.41) is 20.9. The summed E-state index contributed by atoms with van der Waals surface area (Å²) < 4.78 is 10.9. The van der Waals surface area contributed by atoms with E-state index in [0.29, 0.717) is 12.0 Å². The number of amides is 4. The molecule has 6 atom stereocenters. The smallest absolute Gasteiger partial charge is 0.254 e. The number of imide groups is 2. The molecule has 2 saturated heterocycles. The molecule has 6 rings (SSSR count). The zero-order valence-electron chi connectivity index (χ0n) is 23.8. The lowest BCUT2D eigenvalue weighted by Crippen LogP contribution is -2.60. The Kier molecular flexibility index (Phi) is 7.65. The van der Waals surface area contributed by atoms with Gasteiger partial charge in [0.25, 0.3) is 11.8 Å². The minimum atomic E-state index is -2.09. The van der Waals surface area contributed by atoms with Crippen LogP contribution >= 0.6 is 39.1 Å². The minimum absolute atomic E-state index is 0.113. The number of carbonyl (C=O) groups excluding carboxylic acids is 4. The molecule has 1 saturated carbocycles. The Balaban J connectivity index is 1.46. The molecule has 2 aliphatic carbocycles. The molecule has 10 nitrogen and oxygen atoms in total. The fraction of sp³-hybridized carbons (Fsp3) is 0.419. The second kappa shape index (κ2) is 11.0. The van der Waals surface area contributed by atoms with E-state index in [1.165, 1.54) is 31.3 Å². The number of hydrogen-bond acceptors (Lipinski definition) is 8. The number of likely N-dealkylation sites (tertiary alicyclic amines) is 2. The number of carbonyl (C=O) groups is 4. The quantitative estimate of drug-likeness (QED) is 0.191. The third-order valence-corrected chi connectivity index (χ3v) is 11.4. The van der Waals surface area contributed by atoms with Crippen LogP contribution in [0.1, 0.15) is 29.9 Å². The van der Waals surface area contributed by atoms with Crippen LogP contribution in [0.15, 0.2) is 48.0 Å². The Morgan fingerprint density at radius 1 is 0.955 bits per heavy atom. The van der Waals surface area contributed by atoms with Crippen LogP contribution in [0.4, 0.5) is 0 Å². The lowest BCUT2D eigenvalue weighted by Gasteiger charge is -2.51. The first-order valence-electron chi connectivity index (χ1n) is 14.0. The fourth-order valence-electron chi connectivity index (χ4n) is 7.42. The SMILES string of the molecule is COc1cc(O)c([C@H]2C3=CC[C@@H]4C(=O)N(CCc5ccc(O)cc5)C(=O)[C@@H]4[C@@H]3C[C@@]3(Cl)C(=O)N(CBr)C(=O)[C@@]23Cl)c(OC)c1. The molecule has 2 N–H and O–H groups in total. The van der Waals surface area contributed by atoms with Crippen molar-refractivity contribution in [1.82, 2.24) is 9.80 Å². The number of alkyl halides is 3. The summed E-state index contributed by atoms with van der Waals surface area (Å²) in [7, 11) is 2.81. The Bertz CT molecular complexity index is 1620. The van der Waals surface area contributed by atoms with Gasteiger partial charge in [0.05, 0.1) is 31.5 Å². The van der Waals surface area contributed by atoms with Gasteiger partial charge in [-0.3, -0.25) is 29.0 Å². The molecule has 2 aromatic carbocycles. The molecule has 4 amide bonds. The summed E-state index contributed by atoms with van der Waals surface area (Å²) in [6.45, 7) is 0.133. The predicted molar refractivity (Wildman–Crippen MR) is 163 cm³/mol. The fourth-order valence-corrected chi connectivity index (χ4v) is 8.83. The molecule has 2 heterocycles. The summed E-state index contributed by atoms with van der Waals surface area (Å²) in [5.74, 6) is -5.40. The van der Waals surface area contributed by atoms with E-state index in [1.807, 2.05) is 0 Å². The molecule has 2 aliphatic heterocycles. The molecule has 0 spiro atoms. The average molecular weight is 708 g/mol. The zero-order chi connectivity index (χ0) is 31.7. The van der Waals surface area contributed by atoms with Gasteiger partial charge in [-0.25, -0.2) is 0 Å². The second-order valence-corrected chi connectivity index (χ2v) is 13.2. The monoisotopic (exact) mass is 706 g/mol. The average Bonchev–Trinajstić information content (AvgIpc) is 3.34. The van der Waals surface area contributed by atoms with E-state index >= 15 is 0 Å². The Labute approximate surface area is 271 Å². The maximum atomic E-state index is 14.0. The van der Waals surface area contributed by atoms with Gasteiger partial charge in [0.2, 0.25) is 11.8 Å². The molecule has 4 aliphatic rings. The van der Waals surface area contributed by atoms with Crippen molar-refractivity contribution in [2.24, 2.45) is 17.8 Å². The van der Waals surface area contributed by atoms with E-state index < -0.39 is 51.1 Å². The standard InChI is InChI=1S/C31H29BrCl2N2O8/c1-43-17-11-21(38)24(22(12-17)44-2)25-18-7-8-19-23(20(18)13-30(33)28(41)36(14-32)29(42)31(25,30)34)27(40)35(26(19)39)10-9-15-3-5-16(37)6-4-15/h3-7,11-12,19-20,23,25,37-38H,8-10,13-14H2,1-2H3/t19-,20+,23-,25+,30+,31-/m0/s1. The van der Waals surface area contributed by atoms with Gasteiger partial charge in [0, 0.05) is 30.2 Å². The molecule has 0 aromatic heterocycles. The van der Waals surface area contributed by atoms with Crippen LogP contribution in [0, 0.1) is 17.8 Å². The number of ether oxygens (including phenoxy) is 2. The van der Waals surface area contributed by atoms with Gasteiger partial charge in [-0.05, 0) is 42.9 Å². The number of phenols is 2. The number of hydrogen-bond donors (Lipinski definition) is 2. The van der Waals surface area contributed by atoms with Gasteiger partial charge >= 0.3 is 0 Å². The number of phenolic OH excluding ortho intramolecular Hbond substituents is 2. The Morgan fingerprint density at radius 3 is 2.30 bits per heavy atom. The number of nitrogens with zero attached hydrogens (tertiary/aromatic N) is 2. The number of halogens is 3. The van der Waals surface area contributed by atoms with Crippen molar-refractivity contribution < 1.29 is 38.9 Å². The van der Waals surface area contributed by atoms with E-state index in [1.54, 1.807) is 30.3 Å². The van der Waals surface area contributed by atoms with E-state index in [9.17, 15) is 29.4 Å². The lowest BCUT2D eigenvalue weighted by atomic mass is 9.56. The highest BCUT2D eigenvalue weighted by molar-refractivity contribution is 9.09. The highest BCUT2D eigenvalue weighted by Gasteiger charge is 2.76. The van der Waals surface area contributed by atoms with Crippen LogP contribution in [0.5, 0.6) is 23.0 Å². The van der Waals surface area contributed by atoms with Crippen LogP contribution < -0.4 is 9.47 Å². The summed E-state index contributed by atoms with van der Waals surface area (Å²) in [5.41, 5.74) is 1.34. The molecule has 2 aromatic rings. The summed E-state index contributed by atoms with van der Waals surface area (Å²) in [6, 6.07) is 9.41. The molecule has 232 valence electrons. The van der Waals surface area contributed by atoms with Crippen LogP contribution in [-0.2, 0) is 25.6 Å². The Morgan fingerprint density at radius 2 is 1.66 bits per heavy atom. The molecule has 3 fully saturated rings. The first kappa shape index (κ1) is 30.7. The second-order valence-electron chi connectivity index (χ2n) is 11.5. The van der Waals surface area contributed by atoms with Crippen molar-refractivity contribution in [3.05, 3.63) is 59.2 Å². The van der Waals surface area contributed by atoms with Gasteiger partial charge < -0.3 is 19.7 Å². The molecule has 0 unspecified atom stereocenters. The van der Waals surface area contributed by atoms with E-state index in [0.717, 1.165) is 10.5 Å². The third-order valence-electron chi connectivity index (χ3n) is 9.50. The minimum Gasteiger partial charge on any atom is -0.508 e. The van der Waals surface area contributed by atoms with Gasteiger partial charge in [-0.2, -0.15) is 0 Å². The van der Waals surface area contributed by atoms with Crippen LogP contribution in [0.3, 0.4) is 0 Å². The summed E-state index contributed by atoms with van der Waals surface area (Å²) in [4.78, 5) is 53.6. The van der Waals surface area contributed by atoms with E-state index in [2.05, 4.69) is 15.9 Å². The Hall–Kier alpha value is -3.28. The van der Waals surface area contributed by atoms with Crippen LogP contribution in [0.2, 0.25) is 0 Å². The van der Waals surface area contributed by atoms with Crippen molar-refractivity contribution in [3.63, 3.8) is 0 Å². The molecule has 0 bridgehead atoms. The highest BCUT2D eigenvalue weighted by Crippen LogP contribution is 2.67. The maximum Gasteiger partial charge on any atom is 0.254 e. The van der Waals surface area contributed by atoms with E-state index in [4.69, 9.17) is 32.7 Å². The van der Waals surface area contributed by atoms with Gasteiger partial charge in [0.15, 0.2) is 9.75 Å². The van der Waals surface area contributed by atoms with Crippen molar-refractivity contribution in [2.75, 3.05) is 26.2 Å². The summed E-state index contributed by atoms with van der Waals surface area (Å²) >= 11 is 17.7. The number of methoxy groups -OCH3 is 2. The van der Waals surface area contributed by atoms with Gasteiger partial charge in [-0.15, -0.1) is 23.2 Å². The van der Waals surface area contributed by atoms with Gasteiger partial charge in [0.1, 0.15) is 23.0 Å². The number of aromatic hydroxyl groups is 2.